The van der Waals surface area contributed by atoms with Crippen molar-refractivity contribution in [3.63, 3.8) is 0 Å². The summed E-state index contributed by atoms with van der Waals surface area (Å²) in [7, 11) is 1.27. The van der Waals surface area contributed by atoms with Gasteiger partial charge in [0.2, 0.25) is 0 Å². The first-order valence-corrected chi connectivity index (χ1v) is 7.79. The number of nitrogens with one attached hydrogen (secondary N) is 1. The van der Waals surface area contributed by atoms with E-state index in [1.54, 1.807) is 13.8 Å². The van der Waals surface area contributed by atoms with Crippen molar-refractivity contribution in [3.8, 4) is 0 Å². The van der Waals surface area contributed by atoms with Gasteiger partial charge in [-0.1, -0.05) is 0 Å². The molecule has 2 fully saturated rings. The van der Waals surface area contributed by atoms with E-state index in [0.29, 0.717) is 29.8 Å². The molecular formula is C16H19N3O5. The first kappa shape index (κ1) is 16.2. The molecule has 0 saturated carbocycles. The molecule has 0 aromatic carbocycles. The third-order valence-corrected chi connectivity index (χ3v) is 4.69. The summed E-state index contributed by atoms with van der Waals surface area (Å²) in [4.78, 5) is 54.3. The van der Waals surface area contributed by atoms with Crippen LogP contribution < -0.4 is 0 Å². The van der Waals surface area contributed by atoms with Crippen molar-refractivity contribution in [1.82, 2.24) is 14.8 Å². The molecule has 0 aliphatic carbocycles. The molecule has 1 atom stereocenters. The summed E-state index contributed by atoms with van der Waals surface area (Å²) in [6.45, 7) is 3.52. The van der Waals surface area contributed by atoms with Crippen molar-refractivity contribution < 1.29 is 23.9 Å². The first-order chi connectivity index (χ1) is 11.4. The van der Waals surface area contributed by atoms with E-state index < -0.39 is 23.8 Å². The van der Waals surface area contributed by atoms with E-state index in [1.165, 1.54) is 12.0 Å². The van der Waals surface area contributed by atoms with E-state index in [1.807, 2.05) is 0 Å². The standard InChI is InChI=1S/C16H19N3O5/c1-8-12(15(22)24-3)9(2)17-13(8)11(20)7-19-14(21)10-5-4-6-18(10)16(19)23/h10,17H,4-7H2,1-3H3. The van der Waals surface area contributed by atoms with Crippen molar-refractivity contribution in [1.29, 1.82) is 0 Å². The Labute approximate surface area is 138 Å². The minimum atomic E-state index is -0.533. The number of imide groups is 1. The van der Waals surface area contributed by atoms with E-state index in [9.17, 15) is 19.2 Å². The highest BCUT2D eigenvalue weighted by Crippen LogP contribution is 2.28. The predicted octanol–water partition coefficient (Wildman–Crippen LogP) is 1.03. The minimum Gasteiger partial charge on any atom is -0.465 e. The number of aromatic nitrogens is 1. The van der Waals surface area contributed by atoms with Crippen LogP contribution in [0.4, 0.5) is 4.79 Å². The fraction of sp³-hybridized carbons (Fsp3) is 0.500. The molecule has 0 radical (unpaired) electrons. The maximum absolute atomic E-state index is 12.6. The van der Waals surface area contributed by atoms with Gasteiger partial charge in [0.1, 0.15) is 6.04 Å². The summed E-state index contributed by atoms with van der Waals surface area (Å²) >= 11 is 0. The average molecular weight is 333 g/mol. The number of ether oxygens (including phenoxy) is 1. The lowest BCUT2D eigenvalue weighted by molar-refractivity contribution is -0.127. The van der Waals surface area contributed by atoms with Gasteiger partial charge >= 0.3 is 12.0 Å². The van der Waals surface area contributed by atoms with Gasteiger partial charge in [-0.2, -0.15) is 0 Å². The molecule has 0 spiro atoms. The number of urea groups is 1. The zero-order valence-corrected chi connectivity index (χ0v) is 13.8. The zero-order chi connectivity index (χ0) is 17.6. The van der Waals surface area contributed by atoms with E-state index in [2.05, 4.69) is 4.98 Å². The number of aryl methyl sites for hydroxylation is 1. The summed E-state index contributed by atoms with van der Waals surface area (Å²) < 4.78 is 4.71. The molecule has 128 valence electrons. The number of amides is 3. The second kappa shape index (κ2) is 5.77. The van der Waals surface area contributed by atoms with Crippen LogP contribution in [0.25, 0.3) is 0 Å². The number of carbonyl (C=O) groups is 4. The Bertz CT molecular complexity index is 729. The van der Waals surface area contributed by atoms with Gasteiger partial charge < -0.3 is 14.6 Å². The quantitative estimate of drug-likeness (QED) is 0.504. The second-order valence-corrected chi connectivity index (χ2v) is 6.10. The Morgan fingerprint density at radius 2 is 2.00 bits per heavy atom. The average Bonchev–Trinajstić information content (AvgIpc) is 3.20. The molecule has 3 rings (SSSR count). The number of fused-ring (bicyclic) bond motifs is 1. The molecule has 2 saturated heterocycles. The summed E-state index contributed by atoms with van der Waals surface area (Å²) in [6, 6.07) is -0.840. The number of nitrogens with zero attached hydrogens (tertiary/aromatic N) is 2. The van der Waals surface area contributed by atoms with Gasteiger partial charge in [0.15, 0.2) is 5.78 Å². The number of hydrogen-bond acceptors (Lipinski definition) is 5. The monoisotopic (exact) mass is 333 g/mol. The van der Waals surface area contributed by atoms with Gasteiger partial charge in [0, 0.05) is 12.2 Å². The number of Topliss-reactive ketones (excluding diaryl/α,β-unsaturated/α-hetero) is 1. The number of H-pyrrole nitrogens is 1. The number of rotatable bonds is 4. The highest BCUT2D eigenvalue weighted by atomic mass is 16.5. The van der Waals surface area contributed by atoms with Crippen LogP contribution in [-0.4, -0.2) is 64.7 Å². The van der Waals surface area contributed by atoms with E-state index in [0.717, 1.165) is 11.3 Å². The number of esters is 1. The molecule has 24 heavy (non-hydrogen) atoms. The topological polar surface area (TPSA) is 99.8 Å². The van der Waals surface area contributed by atoms with Crippen LogP contribution in [0.3, 0.4) is 0 Å². The predicted molar refractivity (Wildman–Crippen MR) is 82.8 cm³/mol. The van der Waals surface area contributed by atoms with E-state index in [4.69, 9.17) is 4.74 Å². The fourth-order valence-electron chi connectivity index (χ4n) is 3.49. The number of hydrogen-bond donors (Lipinski definition) is 1. The molecule has 3 amide bonds. The van der Waals surface area contributed by atoms with Crippen LogP contribution in [0.15, 0.2) is 0 Å². The molecule has 8 nitrogen and oxygen atoms in total. The lowest BCUT2D eigenvalue weighted by atomic mass is 10.1. The van der Waals surface area contributed by atoms with Gasteiger partial charge in [-0.05, 0) is 32.3 Å². The Morgan fingerprint density at radius 3 is 2.62 bits per heavy atom. The van der Waals surface area contributed by atoms with Crippen molar-refractivity contribution in [2.24, 2.45) is 0 Å². The Hall–Kier alpha value is -2.64. The molecule has 2 aliphatic heterocycles. The number of aromatic amines is 1. The molecule has 1 N–H and O–H groups in total. The van der Waals surface area contributed by atoms with Crippen LogP contribution in [0.5, 0.6) is 0 Å². The van der Waals surface area contributed by atoms with E-state index >= 15 is 0 Å². The van der Waals surface area contributed by atoms with Crippen LogP contribution in [0, 0.1) is 13.8 Å². The SMILES string of the molecule is COC(=O)c1c(C)[nH]c(C(=O)CN2C(=O)C3CCCN3C2=O)c1C. The van der Waals surface area contributed by atoms with Gasteiger partial charge in [-0.25, -0.2) is 9.59 Å². The highest BCUT2D eigenvalue weighted by Gasteiger charge is 2.47. The largest absolute Gasteiger partial charge is 0.465 e. The second-order valence-electron chi connectivity index (χ2n) is 6.10. The van der Waals surface area contributed by atoms with Crippen LogP contribution in [-0.2, 0) is 9.53 Å². The molecule has 0 bridgehead atoms. The summed E-state index contributed by atoms with van der Waals surface area (Å²) in [5, 5.41) is 0. The molecule has 1 aromatic heterocycles. The van der Waals surface area contributed by atoms with Gasteiger partial charge in [-0.15, -0.1) is 0 Å². The highest BCUT2D eigenvalue weighted by molar-refractivity contribution is 6.10. The Kier molecular flexibility index (Phi) is 3.90. The molecule has 3 heterocycles. The van der Waals surface area contributed by atoms with E-state index in [-0.39, 0.29) is 18.1 Å². The lowest BCUT2D eigenvalue weighted by Crippen LogP contribution is -2.37. The Balaban J connectivity index is 1.82. The molecular weight excluding hydrogens is 314 g/mol. The van der Waals surface area contributed by atoms with Crippen LogP contribution >= 0.6 is 0 Å². The Morgan fingerprint density at radius 1 is 1.29 bits per heavy atom. The first-order valence-electron chi connectivity index (χ1n) is 7.79. The van der Waals surface area contributed by atoms with Crippen LogP contribution in [0.2, 0.25) is 0 Å². The lowest BCUT2D eigenvalue weighted by Gasteiger charge is -2.14. The summed E-state index contributed by atoms with van der Waals surface area (Å²) in [6.07, 6.45) is 1.45. The van der Waals surface area contributed by atoms with Gasteiger partial charge in [-0.3, -0.25) is 14.5 Å². The van der Waals surface area contributed by atoms with Crippen molar-refractivity contribution in [3.05, 3.63) is 22.5 Å². The van der Waals surface area contributed by atoms with Gasteiger partial charge in [0.05, 0.1) is 24.9 Å². The normalized spacial score (nSPS) is 19.9. The van der Waals surface area contributed by atoms with Crippen LogP contribution in [0.1, 0.15) is 44.9 Å². The van der Waals surface area contributed by atoms with Gasteiger partial charge in [0.25, 0.3) is 5.91 Å². The van der Waals surface area contributed by atoms with Crippen molar-refractivity contribution in [2.75, 3.05) is 20.2 Å². The molecule has 8 heteroatoms. The smallest absolute Gasteiger partial charge is 0.339 e. The fourth-order valence-corrected chi connectivity index (χ4v) is 3.49. The molecule has 1 aromatic rings. The summed E-state index contributed by atoms with van der Waals surface area (Å²) in [5.41, 5.74) is 1.51. The maximum Gasteiger partial charge on any atom is 0.339 e. The number of methoxy groups -OCH3 is 1. The molecule has 2 aliphatic rings. The third-order valence-electron chi connectivity index (χ3n) is 4.69. The molecule has 1 unspecified atom stereocenters. The number of carbonyl (C=O) groups excluding carboxylic acids is 4. The number of ketones is 1. The van der Waals surface area contributed by atoms with Crippen molar-refractivity contribution in [2.45, 2.75) is 32.7 Å². The zero-order valence-electron chi connectivity index (χ0n) is 13.8. The summed E-state index contributed by atoms with van der Waals surface area (Å²) in [5.74, 6) is -1.26. The third kappa shape index (κ3) is 2.29. The van der Waals surface area contributed by atoms with Crippen molar-refractivity contribution >= 4 is 23.7 Å². The minimum absolute atomic E-state index is 0.223. The maximum atomic E-state index is 12.6.